The summed E-state index contributed by atoms with van der Waals surface area (Å²) in [6.07, 6.45) is 6.46. The third-order valence-corrected chi connectivity index (χ3v) is 7.35. The van der Waals surface area contributed by atoms with E-state index in [2.05, 4.69) is 66.0 Å². The van der Waals surface area contributed by atoms with Crippen LogP contribution >= 0.6 is 23.2 Å². The molecule has 0 bridgehead atoms. The van der Waals surface area contributed by atoms with E-state index in [0.29, 0.717) is 10.0 Å². The number of imidazole rings is 1. The van der Waals surface area contributed by atoms with Crippen molar-refractivity contribution in [1.29, 1.82) is 0 Å². The monoisotopic (exact) mass is 468 g/mol. The average Bonchev–Trinajstić information content (AvgIpc) is 3.27. The molecule has 0 saturated heterocycles. The van der Waals surface area contributed by atoms with E-state index in [1.807, 2.05) is 12.1 Å². The van der Waals surface area contributed by atoms with Crippen molar-refractivity contribution < 1.29 is 9.30 Å². The van der Waals surface area contributed by atoms with Crippen molar-refractivity contribution in [3.63, 3.8) is 0 Å². The van der Waals surface area contributed by atoms with Crippen LogP contribution in [0.5, 0.6) is 5.75 Å². The van der Waals surface area contributed by atoms with Gasteiger partial charge in [0.05, 0.1) is 28.8 Å². The van der Waals surface area contributed by atoms with Crippen molar-refractivity contribution in [1.82, 2.24) is 4.57 Å². The van der Waals surface area contributed by atoms with Crippen molar-refractivity contribution in [3.05, 3.63) is 69.3 Å². The zero-order valence-corrected chi connectivity index (χ0v) is 20.5. The van der Waals surface area contributed by atoms with Gasteiger partial charge < -0.3 is 9.64 Å². The molecule has 2 aromatic carbocycles. The van der Waals surface area contributed by atoms with E-state index >= 15 is 0 Å². The number of fused-ring (bicyclic) bond motifs is 4. The van der Waals surface area contributed by atoms with Crippen LogP contribution in [0, 0.1) is 13.8 Å². The van der Waals surface area contributed by atoms with Gasteiger partial charge in [0.2, 0.25) is 5.88 Å². The summed E-state index contributed by atoms with van der Waals surface area (Å²) >= 11 is 12.7. The molecule has 0 spiro atoms. The van der Waals surface area contributed by atoms with Crippen molar-refractivity contribution >= 4 is 45.5 Å². The minimum Gasteiger partial charge on any atom is -0.439 e. The van der Waals surface area contributed by atoms with Crippen molar-refractivity contribution in [2.75, 3.05) is 11.4 Å². The van der Waals surface area contributed by atoms with E-state index in [1.54, 1.807) is 0 Å². The van der Waals surface area contributed by atoms with Crippen LogP contribution in [0.4, 0.5) is 5.69 Å². The Kier molecular flexibility index (Phi) is 5.47. The summed E-state index contributed by atoms with van der Waals surface area (Å²) in [5, 5.41) is 1.19. The second kappa shape index (κ2) is 8.17. The van der Waals surface area contributed by atoms with Crippen LogP contribution in [0.15, 0.2) is 42.3 Å². The molecule has 0 unspecified atom stereocenters. The highest BCUT2D eigenvalue weighted by molar-refractivity contribution is 6.42. The fourth-order valence-corrected chi connectivity index (χ4v) is 5.21. The van der Waals surface area contributed by atoms with E-state index in [9.17, 15) is 0 Å². The SMILES string of the molecule is CCN1C(=CC=C2CCCn3c2[n+](CC)c2cc(Cl)c(Cl)cc23)Oc2cc(C)c(C)cc21. The number of anilines is 1. The van der Waals surface area contributed by atoms with Crippen LogP contribution in [0.1, 0.15) is 43.6 Å². The summed E-state index contributed by atoms with van der Waals surface area (Å²) in [5.41, 5.74) is 7.24. The Morgan fingerprint density at radius 1 is 1.03 bits per heavy atom. The number of hydrogen-bond donors (Lipinski definition) is 0. The van der Waals surface area contributed by atoms with E-state index < -0.39 is 0 Å². The van der Waals surface area contributed by atoms with Crippen LogP contribution in [0.25, 0.3) is 16.6 Å². The lowest BCUT2D eigenvalue weighted by Gasteiger charge is -2.16. The van der Waals surface area contributed by atoms with Gasteiger partial charge >= 0.3 is 0 Å². The van der Waals surface area contributed by atoms with Gasteiger partial charge in [0.1, 0.15) is 0 Å². The molecule has 1 aromatic heterocycles. The predicted octanol–water partition coefficient (Wildman–Crippen LogP) is 6.81. The number of aryl methyl sites for hydroxylation is 4. The van der Waals surface area contributed by atoms with Gasteiger partial charge in [-0.25, -0.2) is 9.13 Å². The maximum absolute atomic E-state index is 6.36. The van der Waals surface area contributed by atoms with E-state index in [-0.39, 0.29) is 0 Å². The van der Waals surface area contributed by atoms with Crippen molar-refractivity contribution in [2.24, 2.45) is 0 Å². The molecular weight excluding hydrogens is 441 g/mol. The molecule has 2 aliphatic rings. The Morgan fingerprint density at radius 3 is 2.53 bits per heavy atom. The largest absolute Gasteiger partial charge is 0.439 e. The number of benzene rings is 2. The minimum atomic E-state index is 0.596. The highest BCUT2D eigenvalue weighted by atomic mass is 35.5. The molecule has 0 N–H and O–H groups in total. The van der Waals surface area contributed by atoms with Gasteiger partial charge in [-0.15, -0.1) is 0 Å². The molecule has 0 saturated carbocycles. The summed E-state index contributed by atoms with van der Waals surface area (Å²) < 4.78 is 11.0. The zero-order valence-electron chi connectivity index (χ0n) is 19.0. The molecule has 2 aliphatic heterocycles. The van der Waals surface area contributed by atoms with Crippen LogP contribution in [0.3, 0.4) is 0 Å². The van der Waals surface area contributed by atoms with Crippen LogP contribution in [0.2, 0.25) is 10.0 Å². The van der Waals surface area contributed by atoms with Crippen LogP contribution in [-0.4, -0.2) is 11.1 Å². The first kappa shape index (κ1) is 21.4. The third-order valence-electron chi connectivity index (χ3n) is 6.63. The number of rotatable bonds is 3. The average molecular weight is 469 g/mol. The minimum absolute atomic E-state index is 0.596. The molecule has 0 fully saturated rings. The molecule has 32 heavy (non-hydrogen) atoms. The molecule has 3 heterocycles. The molecule has 166 valence electrons. The van der Waals surface area contributed by atoms with Gasteiger partial charge in [-0.3, -0.25) is 0 Å². The Bertz CT molecular complexity index is 1260. The number of nitrogens with zero attached hydrogens (tertiary/aromatic N) is 3. The van der Waals surface area contributed by atoms with Gasteiger partial charge in [-0.2, -0.15) is 0 Å². The number of ether oxygens (including phenoxy) is 1. The van der Waals surface area contributed by atoms with Gasteiger partial charge in [0.25, 0.3) is 5.82 Å². The summed E-state index contributed by atoms with van der Waals surface area (Å²) in [6, 6.07) is 8.35. The molecule has 3 aromatic rings. The van der Waals surface area contributed by atoms with Gasteiger partial charge in [0.15, 0.2) is 16.8 Å². The summed E-state index contributed by atoms with van der Waals surface area (Å²) in [5.74, 6) is 3.04. The van der Waals surface area contributed by atoms with Crippen molar-refractivity contribution in [3.8, 4) is 5.75 Å². The van der Waals surface area contributed by atoms with E-state index in [4.69, 9.17) is 27.9 Å². The number of halogens is 2. The number of hydrogen-bond acceptors (Lipinski definition) is 2. The molecule has 0 amide bonds. The van der Waals surface area contributed by atoms with Gasteiger partial charge in [0, 0.05) is 24.3 Å². The Balaban J connectivity index is 1.60. The van der Waals surface area contributed by atoms with Gasteiger partial charge in [-0.05, 0) is 75.9 Å². The number of aromatic nitrogens is 2. The molecule has 0 aliphatic carbocycles. The lowest BCUT2D eigenvalue weighted by atomic mass is 10.1. The van der Waals surface area contributed by atoms with Gasteiger partial charge in [-0.1, -0.05) is 23.2 Å². The summed E-state index contributed by atoms with van der Waals surface area (Å²) in [7, 11) is 0. The van der Waals surface area contributed by atoms with E-state index in [0.717, 1.165) is 60.8 Å². The quantitative estimate of drug-likeness (QED) is 0.393. The molecule has 4 nitrogen and oxygen atoms in total. The molecule has 6 heteroatoms. The smallest absolute Gasteiger partial charge is 0.285 e. The lowest BCUT2D eigenvalue weighted by Crippen LogP contribution is -2.37. The fourth-order valence-electron chi connectivity index (χ4n) is 4.90. The first-order valence-corrected chi connectivity index (χ1v) is 12.1. The Labute approximate surface area is 199 Å². The topological polar surface area (TPSA) is 21.3 Å². The normalized spacial score (nSPS) is 17.9. The Morgan fingerprint density at radius 2 is 1.78 bits per heavy atom. The summed E-state index contributed by atoms with van der Waals surface area (Å²) in [4.78, 5) is 2.24. The standard InChI is InChI=1S/C26H28Cl2N3O/c1-5-29-23-12-16(3)17(4)13-24(23)32-25(29)10-9-18-8-7-11-31-22-15-20(28)19(27)14-21(22)30(6-2)26(18)31/h9-10,12-15H,5-8,11H2,1-4H3/q+1. The van der Waals surface area contributed by atoms with Crippen LogP contribution in [-0.2, 0) is 13.1 Å². The fraction of sp³-hybridized carbons (Fsp3) is 0.346. The van der Waals surface area contributed by atoms with E-state index in [1.165, 1.54) is 22.5 Å². The second-order valence-corrected chi connectivity index (χ2v) is 9.34. The maximum atomic E-state index is 6.36. The molecule has 0 atom stereocenters. The Hall–Kier alpha value is -2.43. The maximum Gasteiger partial charge on any atom is 0.285 e. The second-order valence-electron chi connectivity index (χ2n) is 8.53. The molecule has 0 radical (unpaired) electrons. The predicted molar refractivity (Wildman–Crippen MR) is 133 cm³/mol. The molecular formula is C26H28Cl2N3O+. The first-order valence-electron chi connectivity index (χ1n) is 11.3. The molecule has 5 rings (SSSR count). The lowest BCUT2D eigenvalue weighted by molar-refractivity contribution is -0.671. The third kappa shape index (κ3) is 3.32. The zero-order chi connectivity index (χ0) is 22.6. The first-order chi connectivity index (χ1) is 15.4. The number of allylic oxidation sites excluding steroid dienone is 3. The summed E-state index contributed by atoms with van der Waals surface area (Å²) in [6.45, 7) is 11.3. The van der Waals surface area contributed by atoms with Crippen LogP contribution < -0.4 is 14.2 Å². The highest BCUT2D eigenvalue weighted by Crippen LogP contribution is 2.41. The highest BCUT2D eigenvalue weighted by Gasteiger charge is 2.31. The van der Waals surface area contributed by atoms with Crippen molar-refractivity contribution in [2.45, 2.75) is 53.6 Å².